The normalized spacial score (nSPS) is 25.9. The monoisotopic (exact) mass is 306 g/mol. The predicted octanol–water partition coefficient (Wildman–Crippen LogP) is 3.97. The summed E-state index contributed by atoms with van der Waals surface area (Å²) in [6.45, 7) is 2.96. The zero-order valence-corrected chi connectivity index (χ0v) is 13.0. The SMILES string of the molecule is C1=COC1.CN1C(=O)Nc2ccc(Cl)cc2C1(C)C1CC1. The molecule has 2 aliphatic heterocycles. The third-order valence-corrected chi connectivity index (χ3v) is 4.76. The van der Waals surface area contributed by atoms with Crippen molar-refractivity contribution in [2.75, 3.05) is 19.0 Å². The lowest BCUT2D eigenvalue weighted by Gasteiger charge is -2.44. The highest BCUT2D eigenvalue weighted by molar-refractivity contribution is 6.30. The van der Waals surface area contributed by atoms with Gasteiger partial charge in [0.15, 0.2) is 0 Å². The number of urea groups is 1. The first-order valence-corrected chi connectivity index (χ1v) is 7.52. The summed E-state index contributed by atoms with van der Waals surface area (Å²) in [6, 6.07) is 5.66. The summed E-state index contributed by atoms with van der Waals surface area (Å²) in [7, 11) is 1.86. The lowest BCUT2D eigenvalue weighted by molar-refractivity contribution is 0.133. The first kappa shape index (κ1) is 14.3. The van der Waals surface area contributed by atoms with Crippen LogP contribution in [0.4, 0.5) is 10.5 Å². The molecule has 1 N–H and O–H groups in total. The molecule has 1 aromatic carbocycles. The van der Waals surface area contributed by atoms with Gasteiger partial charge in [-0.15, -0.1) is 0 Å². The van der Waals surface area contributed by atoms with Crippen molar-refractivity contribution in [3.05, 3.63) is 41.1 Å². The Hall–Kier alpha value is -1.68. The largest absolute Gasteiger partial charge is 0.497 e. The number of anilines is 1. The number of hydrogen-bond acceptors (Lipinski definition) is 2. The van der Waals surface area contributed by atoms with Gasteiger partial charge in [-0.3, -0.25) is 0 Å². The highest BCUT2D eigenvalue weighted by Gasteiger charge is 2.50. The Balaban J connectivity index is 0.000000287. The third-order valence-electron chi connectivity index (χ3n) is 4.53. The fourth-order valence-electron chi connectivity index (χ4n) is 2.87. The molecular formula is C16H19ClN2O2. The van der Waals surface area contributed by atoms with E-state index in [1.165, 1.54) is 12.8 Å². The number of halogens is 1. The van der Waals surface area contributed by atoms with Crippen LogP contribution in [0.2, 0.25) is 5.02 Å². The van der Waals surface area contributed by atoms with E-state index in [4.69, 9.17) is 11.6 Å². The number of rotatable bonds is 1. The zero-order chi connectivity index (χ0) is 15.0. The van der Waals surface area contributed by atoms with Gasteiger partial charge >= 0.3 is 6.03 Å². The molecule has 1 fully saturated rings. The topological polar surface area (TPSA) is 41.6 Å². The van der Waals surface area contributed by atoms with Crippen LogP contribution in [0.1, 0.15) is 25.3 Å². The summed E-state index contributed by atoms with van der Waals surface area (Å²) in [5, 5.41) is 3.63. The Morgan fingerprint density at radius 2 is 2.05 bits per heavy atom. The molecule has 5 heteroatoms. The van der Waals surface area contributed by atoms with Crippen LogP contribution >= 0.6 is 11.6 Å². The number of ether oxygens (including phenoxy) is 1. The van der Waals surface area contributed by atoms with Gasteiger partial charge in [0.2, 0.25) is 0 Å². The smallest absolute Gasteiger partial charge is 0.322 e. The van der Waals surface area contributed by atoms with E-state index in [0.29, 0.717) is 5.92 Å². The Kier molecular flexibility index (Phi) is 3.57. The van der Waals surface area contributed by atoms with Crippen molar-refractivity contribution < 1.29 is 9.53 Å². The number of amides is 2. The van der Waals surface area contributed by atoms with Crippen LogP contribution in [0.3, 0.4) is 0 Å². The lowest BCUT2D eigenvalue weighted by atomic mass is 9.83. The van der Waals surface area contributed by atoms with Crippen LogP contribution in [0, 0.1) is 5.92 Å². The molecule has 1 saturated carbocycles. The van der Waals surface area contributed by atoms with Crippen LogP contribution in [0.15, 0.2) is 30.5 Å². The average molecular weight is 307 g/mol. The van der Waals surface area contributed by atoms with Gasteiger partial charge in [-0.2, -0.15) is 0 Å². The highest BCUT2D eigenvalue weighted by Crippen LogP contribution is 2.52. The van der Waals surface area contributed by atoms with Gasteiger partial charge in [0.1, 0.15) is 6.61 Å². The predicted molar refractivity (Wildman–Crippen MR) is 83.4 cm³/mol. The van der Waals surface area contributed by atoms with Crippen molar-refractivity contribution >= 4 is 23.3 Å². The third kappa shape index (κ3) is 2.48. The molecular weight excluding hydrogens is 288 g/mol. The number of benzene rings is 1. The Morgan fingerprint density at radius 1 is 1.43 bits per heavy atom. The van der Waals surface area contributed by atoms with Crippen LogP contribution < -0.4 is 5.32 Å². The molecule has 1 aromatic rings. The molecule has 0 aromatic heterocycles. The Morgan fingerprint density at radius 3 is 2.57 bits per heavy atom. The zero-order valence-electron chi connectivity index (χ0n) is 12.2. The first-order valence-electron chi connectivity index (χ1n) is 7.15. The molecule has 2 amide bonds. The van der Waals surface area contributed by atoms with E-state index in [2.05, 4.69) is 17.0 Å². The number of nitrogens with zero attached hydrogens (tertiary/aromatic N) is 1. The van der Waals surface area contributed by atoms with Crippen molar-refractivity contribution in [2.24, 2.45) is 5.92 Å². The molecule has 1 atom stereocenters. The van der Waals surface area contributed by atoms with Gasteiger partial charge in [0.05, 0.1) is 11.8 Å². The maximum atomic E-state index is 12.0. The number of nitrogens with one attached hydrogen (secondary N) is 1. The van der Waals surface area contributed by atoms with E-state index in [1.807, 2.05) is 36.2 Å². The number of carbonyl (C=O) groups excluding carboxylic acids is 1. The number of carbonyl (C=O) groups is 1. The molecule has 0 bridgehead atoms. The molecule has 1 aliphatic carbocycles. The molecule has 2 heterocycles. The summed E-state index contributed by atoms with van der Waals surface area (Å²) in [5.41, 5.74) is 1.81. The molecule has 0 radical (unpaired) electrons. The Bertz CT molecular complexity index is 592. The maximum absolute atomic E-state index is 12.0. The summed E-state index contributed by atoms with van der Waals surface area (Å²) in [4.78, 5) is 13.8. The molecule has 4 rings (SSSR count). The van der Waals surface area contributed by atoms with E-state index in [-0.39, 0.29) is 11.6 Å². The maximum Gasteiger partial charge on any atom is 0.322 e. The molecule has 1 unspecified atom stereocenters. The molecule has 3 aliphatic rings. The van der Waals surface area contributed by atoms with Crippen LogP contribution in [-0.2, 0) is 10.3 Å². The second kappa shape index (κ2) is 5.26. The quantitative estimate of drug-likeness (QED) is 0.853. The summed E-state index contributed by atoms with van der Waals surface area (Å²) < 4.78 is 4.54. The minimum atomic E-state index is -0.220. The summed E-state index contributed by atoms with van der Waals surface area (Å²) >= 11 is 6.08. The standard InChI is InChI=1S/C13H15ClN2O.C3H4O/c1-13(8-3-4-8)10-7-9(14)5-6-11(10)15-12(17)16(13)2;1-2-4-3-1/h5-8H,3-4H2,1-2H3,(H,15,17);1-2H,3H2. The van der Waals surface area contributed by atoms with Crippen LogP contribution in [0.5, 0.6) is 0 Å². The molecule has 0 spiro atoms. The van der Waals surface area contributed by atoms with E-state index in [9.17, 15) is 4.79 Å². The van der Waals surface area contributed by atoms with Gasteiger partial charge in [-0.1, -0.05) is 11.6 Å². The number of hydrogen-bond donors (Lipinski definition) is 1. The summed E-state index contributed by atoms with van der Waals surface area (Å²) in [6.07, 6.45) is 6.00. The average Bonchev–Trinajstić information content (AvgIpc) is 3.20. The van der Waals surface area contributed by atoms with Crippen molar-refractivity contribution in [2.45, 2.75) is 25.3 Å². The molecule has 21 heavy (non-hydrogen) atoms. The van der Waals surface area contributed by atoms with Gasteiger partial charge in [0.25, 0.3) is 0 Å². The molecule has 4 nitrogen and oxygen atoms in total. The fourth-order valence-corrected chi connectivity index (χ4v) is 3.04. The van der Waals surface area contributed by atoms with Gasteiger partial charge in [0, 0.05) is 23.3 Å². The minimum absolute atomic E-state index is 0.0331. The van der Waals surface area contributed by atoms with Crippen molar-refractivity contribution in [1.29, 1.82) is 0 Å². The minimum Gasteiger partial charge on any atom is -0.497 e. The van der Waals surface area contributed by atoms with Crippen molar-refractivity contribution in [3.63, 3.8) is 0 Å². The van der Waals surface area contributed by atoms with Crippen LogP contribution in [-0.4, -0.2) is 24.6 Å². The second-order valence-electron chi connectivity index (χ2n) is 5.81. The van der Waals surface area contributed by atoms with Gasteiger partial charge < -0.3 is 15.0 Å². The number of fused-ring (bicyclic) bond motifs is 1. The van der Waals surface area contributed by atoms with Crippen molar-refractivity contribution in [1.82, 2.24) is 4.90 Å². The Labute approximate surface area is 129 Å². The van der Waals surface area contributed by atoms with E-state index < -0.39 is 0 Å². The van der Waals surface area contributed by atoms with Gasteiger partial charge in [-0.25, -0.2) is 4.79 Å². The van der Waals surface area contributed by atoms with Crippen molar-refractivity contribution in [3.8, 4) is 0 Å². The highest BCUT2D eigenvalue weighted by atomic mass is 35.5. The van der Waals surface area contributed by atoms with E-state index in [1.54, 1.807) is 6.26 Å². The molecule has 112 valence electrons. The summed E-state index contributed by atoms with van der Waals surface area (Å²) in [5.74, 6) is 0.552. The fraction of sp³-hybridized carbons (Fsp3) is 0.438. The van der Waals surface area contributed by atoms with E-state index >= 15 is 0 Å². The molecule has 0 saturated heterocycles. The lowest BCUT2D eigenvalue weighted by Crippen LogP contribution is -2.52. The van der Waals surface area contributed by atoms with E-state index in [0.717, 1.165) is 22.9 Å². The second-order valence-corrected chi connectivity index (χ2v) is 6.24. The first-order chi connectivity index (χ1) is 10.0. The van der Waals surface area contributed by atoms with Crippen LogP contribution in [0.25, 0.3) is 0 Å². The van der Waals surface area contributed by atoms with Gasteiger partial charge in [-0.05, 0) is 50.0 Å².